The Labute approximate surface area is 687 Å². The van der Waals surface area contributed by atoms with Crippen LogP contribution in [0.1, 0.15) is 113 Å². The molecule has 0 unspecified atom stereocenters. The smallest absolute Gasteiger partial charge is 0.200 e. The van der Waals surface area contributed by atoms with Crippen LogP contribution in [0.5, 0.6) is 0 Å². The lowest BCUT2D eigenvalue weighted by Gasteiger charge is -2.22. The molecule has 1 aliphatic carbocycles. The number of aromatic nitrogens is 4. The van der Waals surface area contributed by atoms with E-state index in [0.717, 1.165) is 103 Å². The molecule has 1 saturated carbocycles. The minimum absolute atomic E-state index is 0.296. The van der Waals surface area contributed by atoms with Gasteiger partial charge in [-0.3, -0.25) is 0 Å². The molecular weight excluding hydrogens is 1430 g/mol. The van der Waals surface area contributed by atoms with Crippen LogP contribution in [0.3, 0.4) is 0 Å². The molecule has 20 aromatic rings. The fourth-order valence-electron chi connectivity index (χ4n) is 17.3. The van der Waals surface area contributed by atoms with E-state index in [1.54, 1.807) is 47.2 Å². The van der Waals surface area contributed by atoms with Gasteiger partial charge >= 0.3 is 0 Å². The summed E-state index contributed by atoms with van der Waals surface area (Å²) in [5.41, 5.74) is 19.7. The van der Waals surface area contributed by atoms with Crippen molar-refractivity contribution >= 4 is 169 Å². The highest BCUT2D eigenvalue weighted by Crippen LogP contribution is 2.47. The summed E-state index contributed by atoms with van der Waals surface area (Å²) in [4.78, 5) is 0. The molecule has 1 aliphatic rings. The summed E-state index contributed by atoms with van der Waals surface area (Å²) < 4.78 is 99.4. The molecule has 8 aromatic heterocycles. The summed E-state index contributed by atoms with van der Waals surface area (Å²) in [6.07, 6.45) is 13.5. The second kappa shape index (κ2) is 29.4. The Morgan fingerprint density at radius 3 is 1.07 bits per heavy atom. The Hall–Kier alpha value is -10.8. The van der Waals surface area contributed by atoms with E-state index in [1.807, 2.05) is 77.9 Å². The molecule has 0 saturated heterocycles. The molecule has 0 aliphatic heterocycles. The Morgan fingerprint density at radius 1 is 0.295 bits per heavy atom. The number of hydrogen-bond donors (Lipinski definition) is 0. The second-order valence-corrected chi connectivity index (χ2v) is 35.2. The van der Waals surface area contributed by atoms with Crippen molar-refractivity contribution in [3.8, 4) is 45.0 Å². The molecule has 4 nitrogen and oxygen atoms in total. The average molecular weight is 1540 g/mol. The number of thiophene rings is 4. The molecule has 0 N–H and O–H groups in total. The molecule has 0 amide bonds. The van der Waals surface area contributed by atoms with E-state index in [9.17, 15) is 0 Å². The van der Waals surface area contributed by atoms with Gasteiger partial charge in [-0.2, -0.15) is 18.3 Å². The van der Waals surface area contributed by atoms with Gasteiger partial charge in [0, 0.05) is 98.9 Å². The molecule has 21 rings (SSSR count). The molecule has 8 heteroatoms. The quantitative estimate of drug-likeness (QED) is 0.153. The van der Waals surface area contributed by atoms with E-state index < -0.39 is 26.4 Å². The predicted molar refractivity (Wildman–Crippen MR) is 487 cm³/mol. The third kappa shape index (κ3) is 13.2. The summed E-state index contributed by atoms with van der Waals surface area (Å²) in [5.74, 6) is -0.413. The molecule has 12 aromatic carbocycles. The van der Waals surface area contributed by atoms with Crippen LogP contribution in [-0.4, -0.2) is 0 Å². The fourth-order valence-corrected chi connectivity index (χ4v) is 22.6. The number of rotatable bonds is 5. The highest BCUT2D eigenvalue weighted by molar-refractivity contribution is 7.27. The van der Waals surface area contributed by atoms with Crippen LogP contribution in [0, 0.1) is 69.0 Å². The van der Waals surface area contributed by atoms with Gasteiger partial charge in [-0.05, 0) is 231 Å². The third-order valence-electron chi connectivity index (χ3n) is 23.1. The normalized spacial score (nSPS) is 14.6. The van der Waals surface area contributed by atoms with E-state index in [-0.39, 0.29) is 0 Å². The highest BCUT2D eigenvalue weighted by atomic mass is 32.1. The lowest BCUT2D eigenvalue weighted by atomic mass is 9.83. The lowest BCUT2D eigenvalue weighted by molar-refractivity contribution is -0.659. The molecule has 0 bridgehead atoms. The Morgan fingerprint density at radius 2 is 0.661 bits per heavy atom. The molecule has 112 heavy (non-hydrogen) atoms. The van der Waals surface area contributed by atoms with E-state index in [4.69, 9.17) is 13.7 Å². The van der Waals surface area contributed by atoms with Crippen LogP contribution >= 0.6 is 45.3 Å². The van der Waals surface area contributed by atoms with Crippen LogP contribution < -0.4 is 18.3 Å². The number of aryl methyl sites for hydroxylation is 14. The van der Waals surface area contributed by atoms with Gasteiger partial charge in [0.2, 0.25) is 22.8 Å². The zero-order chi connectivity index (χ0) is 85.5. The standard InChI is InChI=1S/C29H28NS.C26H24NS.C25H22NS.C24H20NS/c1-19-8-6-7-11-24(19)28-29-25(14-15-30(28)2)26-17-23-16-21(20-9-4-3-5-10-20)12-13-22(23)18-27(26)31-29;1-15-7-9-21(17(3)10-15)25-26-24(18(4)14-27(25)5)22-12-20-11-16(2)6-8-19(20)13-23(22)28-26;1-15-9-10-18-13-22-21(12-19(18)11-15)23-17(3)14-26(4)24(25(23)27-22)20-8-6-5-7-16(20)2;1-15-8-9-17-14-22-21(13-18(17)12-15)20-10-11-25(3)23(24(20)26-22)19-7-5-4-6-16(19)2/h6-8,11-18,20H,3-5,9-10H2,1-2H3;6-14H,1-5H3;5-14H,1-4H3;4-14H,1-3H3/q4*+1/i20D;1D3,4D3;3D3;. The van der Waals surface area contributed by atoms with Gasteiger partial charge in [0.05, 0.1) is 22.3 Å². The molecule has 0 spiro atoms. The zero-order valence-corrected chi connectivity index (χ0v) is 68.4. The summed E-state index contributed by atoms with van der Waals surface area (Å²) in [7, 11) is 8.09. The third-order valence-corrected chi connectivity index (χ3v) is 27.7. The van der Waals surface area contributed by atoms with E-state index in [0.29, 0.717) is 16.7 Å². The van der Waals surface area contributed by atoms with Crippen molar-refractivity contribution in [2.24, 2.45) is 28.2 Å². The first-order valence-corrected chi connectivity index (χ1v) is 41.9. The topological polar surface area (TPSA) is 15.5 Å². The van der Waals surface area contributed by atoms with E-state index in [2.05, 4.69) is 264 Å². The van der Waals surface area contributed by atoms with Gasteiger partial charge in [0.25, 0.3) is 0 Å². The van der Waals surface area contributed by atoms with Crippen LogP contribution in [0.25, 0.3) is 169 Å². The van der Waals surface area contributed by atoms with Crippen LogP contribution in [0.4, 0.5) is 0 Å². The van der Waals surface area contributed by atoms with Gasteiger partial charge in [-0.25, -0.2) is 0 Å². The highest BCUT2D eigenvalue weighted by Gasteiger charge is 2.28. The average Bonchev–Trinajstić information content (AvgIpc) is 1.61. The number of fused-ring (bicyclic) bond motifs is 16. The van der Waals surface area contributed by atoms with Gasteiger partial charge in [-0.1, -0.05) is 181 Å². The SMILES string of the molecule is Cc1ccc2cc3sc4c(-c5ccccc5C)[n+](C)ccc4c3cc2c1.[2H]C([2H])([2H])c1c[n+](C)c(-c2ccccc2C)c2sc3cc4ccc(C)cc4cc3c12.[2H]C([2H])([2H])c1ccc(-c2c3sc4cc5ccc(C)cc5cc4c3c(C([2H])([2H])[2H])c[n+]2C)c(C)c1.[2H]C1(c2ccc3cc4sc5c(-c6ccccc6C)[n+](C)ccc5c4cc3c2)CCCCC1. The first kappa shape index (κ1) is 61.8. The maximum absolute atomic E-state index is 9.07. The van der Waals surface area contributed by atoms with Crippen molar-refractivity contribution in [3.05, 3.63) is 310 Å². The largest absolute Gasteiger partial charge is 0.230 e. The molecule has 550 valence electrons. The fraction of sp³-hybridized carbons (Fsp3) is 0.192. The Balaban J connectivity index is 0.000000112. The Kier molecular flexibility index (Phi) is 16.2. The summed E-state index contributed by atoms with van der Waals surface area (Å²) in [6.45, 7) is 8.04. The minimum atomic E-state index is -2.27. The number of pyridine rings is 4. The maximum Gasteiger partial charge on any atom is 0.230 e. The van der Waals surface area contributed by atoms with Crippen molar-refractivity contribution in [1.29, 1.82) is 0 Å². The van der Waals surface area contributed by atoms with Crippen molar-refractivity contribution in [1.82, 2.24) is 0 Å². The van der Waals surface area contributed by atoms with Crippen molar-refractivity contribution in [2.75, 3.05) is 0 Å². The van der Waals surface area contributed by atoms with Crippen molar-refractivity contribution in [2.45, 2.75) is 107 Å². The molecule has 8 heterocycles. The minimum Gasteiger partial charge on any atom is -0.200 e. The second-order valence-electron chi connectivity index (χ2n) is 31.0. The summed E-state index contributed by atoms with van der Waals surface area (Å²) in [5, 5.41) is 18.6. The first-order valence-electron chi connectivity index (χ1n) is 43.7. The number of benzene rings is 12. The van der Waals surface area contributed by atoms with Crippen LogP contribution in [0.15, 0.2) is 249 Å². The van der Waals surface area contributed by atoms with Crippen molar-refractivity contribution < 1.29 is 32.0 Å². The van der Waals surface area contributed by atoms with E-state index in [1.165, 1.54) is 142 Å². The summed E-state index contributed by atoms with van der Waals surface area (Å²) in [6, 6.07) is 79.5. The van der Waals surface area contributed by atoms with Crippen molar-refractivity contribution in [3.63, 3.8) is 0 Å². The van der Waals surface area contributed by atoms with Gasteiger partial charge in [-0.15, -0.1) is 45.3 Å². The van der Waals surface area contributed by atoms with Crippen LogP contribution in [-0.2, 0) is 28.2 Å². The number of nitrogens with zero attached hydrogens (tertiary/aromatic N) is 4. The number of hydrogen-bond acceptors (Lipinski definition) is 4. The maximum atomic E-state index is 9.07. The lowest BCUT2D eigenvalue weighted by Crippen LogP contribution is -2.31. The summed E-state index contributed by atoms with van der Waals surface area (Å²) >= 11 is 7.07. The molecular formula is C104H94N4S4+4. The van der Waals surface area contributed by atoms with Gasteiger partial charge < -0.3 is 0 Å². The van der Waals surface area contributed by atoms with E-state index >= 15 is 0 Å². The molecule has 0 radical (unpaired) electrons. The molecule has 0 atom stereocenters. The predicted octanol–water partition coefficient (Wildman–Crippen LogP) is 27.9. The Bertz CT molecular complexity index is 7680. The van der Waals surface area contributed by atoms with Crippen LogP contribution in [0.2, 0.25) is 0 Å². The monoisotopic (exact) mass is 1540 g/mol. The first-order chi connectivity index (χ1) is 58.2. The van der Waals surface area contributed by atoms with Gasteiger partial charge in [0.15, 0.2) is 24.8 Å². The molecule has 1 fully saturated rings. The zero-order valence-electron chi connectivity index (χ0n) is 75.1. The van der Waals surface area contributed by atoms with Gasteiger partial charge in [0.1, 0.15) is 47.0 Å².